The van der Waals surface area contributed by atoms with Gasteiger partial charge in [-0.2, -0.15) is 0 Å². The first-order valence-electron chi connectivity index (χ1n) is 10.8. The zero-order valence-electron chi connectivity index (χ0n) is 18.2. The van der Waals surface area contributed by atoms with Crippen LogP contribution in [0.4, 0.5) is 5.69 Å². The number of likely N-dealkylation sites (tertiary alicyclic amines) is 1. The normalized spacial score (nSPS) is 15.4. The van der Waals surface area contributed by atoms with Gasteiger partial charge in [-0.05, 0) is 74.3 Å². The number of carbonyl (C=O) groups is 2. The molecule has 4 N–H and O–H groups in total. The Kier molecular flexibility index (Phi) is 8.00. The average molecular weight is 459 g/mol. The standard InChI is InChI=1S/C23H30N4O4S/c1-2-25-32(30,31)21-9-5-19(6-10-21)23(29)26-20-7-3-17(4-8-20)11-14-27-15-12-18(13-16-27)22(24)28/h3-10,18,25H,2,11-16H2,1H3,(H2,24,28)(H,26,29). The molecule has 0 atom stereocenters. The van der Waals surface area contributed by atoms with Crippen molar-refractivity contribution in [3.8, 4) is 0 Å². The third kappa shape index (κ3) is 6.38. The number of anilines is 1. The summed E-state index contributed by atoms with van der Waals surface area (Å²) in [5, 5.41) is 2.83. The number of hydrogen-bond acceptors (Lipinski definition) is 5. The van der Waals surface area contributed by atoms with Gasteiger partial charge in [-0.3, -0.25) is 9.59 Å². The van der Waals surface area contributed by atoms with E-state index in [1.165, 1.54) is 24.3 Å². The molecule has 0 spiro atoms. The van der Waals surface area contributed by atoms with Gasteiger partial charge in [0.05, 0.1) is 4.90 Å². The molecule has 2 aromatic carbocycles. The van der Waals surface area contributed by atoms with E-state index >= 15 is 0 Å². The topological polar surface area (TPSA) is 122 Å². The Morgan fingerprint density at radius 2 is 1.66 bits per heavy atom. The fraction of sp³-hybridized carbons (Fsp3) is 0.391. The molecule has 0 radical (unpaired) electrons. The van der Waals surface area contributed by atoms with Crippen LogP contribution in [0.5, 0.6) is 0 Å². The number of hydrogen-bond donors (Lipinski definition) is 3. The molecule has 0 unspecified atom stereocenters. The quantitative estimate of drug-likeness (QED) is 0.530. The van der Waals surface area contributed by atoms with E-state index in [0.717, 1.165) is 44.5 Å². The number of nitrogens with two attached hydrogens (primary N) is 1. The van der Waals surface area contributed by atoms with Crippen molar-refractivity contribution in [1.29, 1.82) is 0 Å². The van der Waals surface area contributed by atoms with Crippen molar-refractivity contribution in [2.24, 2.45) is 11.7 Å². The van der Waals surface area contributed by atoms with Gasteiger partial charge in [0, 0.05) is 30.3 Å². The fourth-order valence-corrected chi connectivity index (χ4v) is 4.79. The van der Waals surface area contributed by atoms with E-state index in [-0.39, 0.29) is 22.6 Å². The third-order valence-corrected chi connectivity index (χ3v) is 7.24. The average Bonchev–Trinajstić information content (AvgIpc) is 2.79. The highest BCUT2D eigenvalue weighted by molar-refractivity contribution is 7.89. The van der Waals surface area contributed by atoms with E-state index in [0.29, 0.717) is 17.8 Å². The maximum Gasteiger partial charge on any atom is 0.255 e. The van der Waals surface area contributed by atoms with Gasteiger partial charge in [-0.25, -0.2) is 13.1 Å². The number of piperidine rings is 1. The summed E-state index contributed by atoms with van der Waals surface area (Å²) in [6.45, 7) is 4.69. The summed E-state index contributed by atoms with van der Waals surface area (Å²) in [5.74, 6) is -0.498. The Bertz CT molecular complexity index is 1030. The minimum Gasteiger partial charge on any atom is -0.369 e. The smallest absolute Gasteiger partial charge is 0.255 e. The zero-order valence-corrected chi connectivity index (χ0v) is 19.0. The first-order chi connectivity index (χ1) is 15.3. The maximum atomic E-state index is 12.5. The first-order valence-corrected chi connectivity index (χ1v) is 12.3. The van der Waals surface area contributed by atoms with E-state index < -0.39 is 10.0 Å². The number of primary amides is 1. The van der Waals surface area contributed by atoms with Gasteiger partial charge in [0.25, 0.3) is 5.91 Å². The lowest BCUT2D eigenvalue weighted by Gasteiger charge is -2.30. The summed E-state index contributed by atoms with van der Waals surface area (Å²) in [4.78, 5) is 26.2. The van der Waals surface area contributed by atoms with E-state index in [1.54, 1.807) is 6.92 Å². The number of amides is 2. The summed E-state index contributed by atoms with van der Waals surface area (Å²) in [7, 11) is -3.54. The summed E-state index contributed by atoms with van der Waals surface area (Å²) in [6, 6.07) is 13.5. The van der Waals surface area contributed by atoms with Crippen LogP contribution in [0.25, 0.3) is 0 Å². The summed E-state index contributed by atoms with van der Waals surface area (Å²) in [6.07, 6.45) is 2.53. The Hall–Kier alpha value is -2.75. The molecule has 0 aliphatic carbocycles. The van der Waals surface area contributed by atoms with Gasteiger partial charge in [0.2, 0.25) is 15.9 Å². The predicted molar refractivity (Wildman–Crippen MR) is 124 cm³/mol. The van der Waals surface area contributed by atoms with Crippen molar-refractivity contribution in [2.45, 2.75) is 31.1 Å². The monoisotopic (exact) mass is 458 g/mol. The second kappa shape index (κ2) is 10.7. The highest BCUT2D eigenvalue weighted by Gasteiger charge is 2.22. The van der Waals surface area contributed by atoms with Crippen LogP contribution in [0.2, 0.25) is 0 Å². The van der Waals surface area contributed by atoms with E-state index in [1.807, 2.05) is 24.3 Å². The molecule has 2 amide bonds. The maximum absolute atomic E-state index is 12.5. The second-order valence-electron chi connectivity index (χ2n) is 7.95. The van der Waals surface area contributed by atoms with Crippen LogP contribution in [-0.2, 0) is 21.2 Å². The molecule has 2 aromatic rings. The largest absolute Gasteiger partial charge is 0.369 e. The molecule has 8 nitrogen and oxygen atoms in total. The van der Waals surface area contributed by atoms with Crippen LogP contribution >= 0.6 is 0 Å². The van der Waals surface area contributed by atoms with Gasteiger partial charge in [0.1, 0.15) is 0 Å². The van der Waals surface area contributed by atoms with Crippen molar-refractivity contribution in [3.63, 3.8) is 0 Å². The molecular weight excluding hydrogens is 428 g/mol. The lowest BCUT2D eigenvalue weighted by atomic mass is 9.96. The highest BCUT2D eigenvalue weighted by atomic mass is 32.2. The van der Waals surface area contributed by atoms with E-state index in [4.69, 9.17) is 5.73 Å². The Morgan fingerprint density at radius 3 is 2.22 bits per heavy atom. The molecule has 172 valence electrons. The van der Waals surface area contributed by atoms with Crippen LogP contribution in [0, 0.1) is 5.92 Å². The van der Waals surface area contributed by atoms with Gasteiger partial charge in [0.15, 0.2) is 0 Å². The zero-order chi connectivity index (χ0) is 23.1. The number of benzene rings is 2. The first kappa shape index (κ1) is 23.9. The van der Waals surface area contributed by atoms with Gasteiger partial charge < -0.3 is 16.0 Å². The summed E-state index contributed by atoms with van der Waals surface area (Å²) in [5.41, 5.74) is 7.60. The molecule has 1 aliphatic heterocycles. The van der Waals surface area contributed by atoms with Gasteiger partial charge in [-0.15, -0.1) is 0 Å². The van der Waals surface area contributed by atoms with Crippen LogP contribution < -0.4 is 15.8 Å². The minimum atomic E-state index is -3.54. The lowest BCUT2D eigenvalue weighted by molar-refractivity contribution is -0.123. The van der Waals surface area contributed by atoms with Crippen molar-refractivity contribution in [1.82, 2.24) is 9.62 Å². The molecule has 0 saturated carbocycles. The van der Waals surface area contributed by atoms with Crippen molar-refractivity contribution in [3.05, 3.63) is 59.7 Å². The SMILES string of the molecule is CCNS(=O)(=O)c1ccc(C(=O)Nc2ccc(CCN3CCC(C(N)=O)CC3)cc2)cc1. The van der Waals surface area contributed by atoms with Crippen molar-refractivity contribution >= 4 is 27.5 Å². The summed E-state index contributed by atoms with van der Waals surface area (Å²) >= 11 is 0. The Morgan fingerprint density at radius 1 is 1.03 bits per heavy atom. The summed E-state index contributed by atoms with van der Waals surface area (Å²) < 4.78 is 26.4. The number of nitrogens with one attached hydrogen (secondary N) is 2. The molecule has 3 rings (SSSR count). The number of rotatable bonds is 9. The van der Waals surface area contributed by atoms with Gasteiger partial charge in [-0.1, -0.05) is 19.1 Å². The molecule has 32 heavy (non-hydrogen) atoms. The molecular formula is C23H30N4O4S. The minimum absolute atomic E-state index is 0.00255. The van der Waals surface area contributed by atoms with E-state index in [9.17, 15) is 18.0 Å². The molecule has 0 aromatic heterocycles. The van der Waals surface area contributed by atoms with Gasteiger partial charge >= 0.3 is 0 Å². The van der Waals surface area contributed by atoms with Crippen molar-refractivity contribution in [2.75, 3.05) is 31.5 Å². The van der Waals surface area contributed by atoms with Crippen LogP contribution in [0.3, 0.4) is 0 Å². The molecule has 1 heterocycles. The predicted octanol–water partition coefficient (Wildman–Crippen LogP) is 1.98. The van der Waals surface area contributed by atoms with Crippen molar-refractivity contribution < 1.29 is 18.0 Å². The van der Waals surface area contributed by atoms with Crippen LogP contribution in [-0.4, -0.2) is 51.3 Å². The molecule has 9 heteroatoms. The molecule has 1 fully saturated rings. The number of nitrogens with zero attached hydrogens (tertiary/aromatic N) is 1. The number of sulfonamides is 1. The second-order valence-corrected chi connectivity index (χ2v) is 9.71. The number of carbonyl (C=O) groups excluding carboxylic acids is 2. The van der Waals surface area contributed by atoms with Crippen LogP contribution in [0.1, 0.15) is 35.7 Å². The van der Waals surface area contributed by atoms with Crippen LogP contribution in [0.15, 0.2) is 53.4 Å². The Labute approximate surface area is 189 Å². The Balaban J connectivity index is 1.50. The highest BCUT2D eigenvalue weighted by Crippen LogP contribution is 2.18. The molecule has 1 aliphatic rings. The lowest BCUT2D eigenvalue weighted by Crippen LogP contribution is -2.39. The van der Waals surface area contributed by atoms with E-state index in [2.05, 4.69) is 14.9 Å². The fourth-order valence-electron chi connectivity index (χ4n) is 3.75. The molecule has 0 bridgehead atoms. The third-order valence-electron chi connectivity index (χ3n) is 5.68. The molecule has 1 saturated heterocycles.